The average molecular weight is 445 g/mol. The van der Waals surface area contributed by atoms with Crippen molar-refractivity contribution in [3.05, 3.63) is 58.8 Å². The van der Waals surface area contributed by atoms with Gasteiger partial charge >= 0.3 is 6.61 Å². The number of carbonyl (C=O) groups is 1. The first-order valence-electron chi connectivity index (χ1n) is 8.55. The van der Waals surface area contributed by atoms with Gasteiger partial charge in [-0.15, -0.1) is 22.7 Å². The van der Waals surface area contributed by atoms with Crippen LogP contribution >= 0.6 is 22.7 Å². The van der Waals surface area contributed by atoms with E-state index >= 15 is 0 Å². The van der Waals surface area contributed by atoms with E-state index in [4.69, 9.17) is 0 Å². The molecule has 0 aliphatic heterocycles. The molecule has 152 valence electrons. The molecule has 1 amide bonds. The first kappa shape index (κ1) is 20.0. The summed E-state index contributed by atoms with van der Waals surface area (Å²) >= 11 is 2.60. The van der Waals surface area contributed by atoms with E-state index in [1.807, 2.05) is 6.92 Å². The summed E-state index contributed by atoms with van der Waals surface area (Å²) in [5.74, 6) is -0.319. The largest absolute Gasteiger partial charge is 0.435 e. The van der Waals surface area contributed by atoms with Gasteiger partial charge in [-0.1, -0.05) is 0 Å². The predicted molar refractivity (Wildman–Crippen MR) is 110 cm³/mol. The van der Waals surface area contributed by atoms with Gasteiger partial charge in [0.15, 0.2) is 5.13 Å². The van der Waals surface area contributed by atoms with Gasteiger partial charge in [0, 0.05) is 28.2 Å². The molecule has 0 atom stereocenters. The number of ether oxygens (including phenoxy) is 1. The number of alkyl halides is 2. The molecule has 0 aliphatic rings. The number of aromatic nitrogens is 4. The highest BCUT2D eigenvalue weighted by Crippen LogP contribution is 2.32. The maximum atomic E-state index is 12.5. The summed E-state index contributed by atoms with van der Waals surface area (Å²) in [5, 5.41) is 5.39. The van der Waals surface area contributed by atoms with Gasteiger partial charge < -0.3 is 4.74 Å². The molecule has 3 heterocycles. The first-order chi connectivity index (χ1) is 14.5. The molecule has 3 aromatic heterocycles. The number of nitrogens with one attached hydrogen (secondary N) is 1. The van der Waals surface area contributed by atoms with E-state index in [0.717, 1.165) is 10.4 Å². The van der Waals surface area contributed by atoms with Crippen LogP contribution in [0.15, 0.2) is 48.2 Å². The second kappa shape index (κ2) is 8.59. The third kappa shape index (κ3) is 4.47. The molecule has 0 radical (unpaired) electrons. The van der Waals surface area contributed by atoms with Crippen molar-refractivity contribution in [1.29, 1.82) is 0 Å². The smallest absolute Gasteiger partial charge is 0.387 e. The molecule has 1 N–H and O–H groups in total. The summed E-state index contributed by atoms with van der Waals surface area (Å²) in [4.78, 5) is 30.3. The van der Waals surface area contributed by atoms with Crippen LogP contribution in [0.25, 0.3) is 22.0 Å². The summed E-state index contributed by atoms with van der Waals surface area (Å²) in [6.45, 7) is -1.01. The second-order valence-electron chi connectivity index (χ2n) is 5.91. The lowest BCUT2D eigenvalue weighted by atomic mass is 10.1. The van der Waals surface area contributed by atoms with Crippen LogP contribution in [0.2, 0.25) is 0 Å². The maximum Gasteiger partial charge on any atom is 0.387 e. The van der Waals surface area contributed by atoms with Gasteiger partial charge in [-0.3, -0.25) is 20.1 Å². The molecule has 0 saturated carbocycles. The van der Waals surface area contributed by atoms with Crippen molar-refractivity contribution >= 4 is 33.7 Å². The maximum absolute atomic E-state index is 12.5. The molecule has 4 aromatic rings. The fraction of sp³-hybridized carbons (Fsp3) is 0.105. The van der Waals surface area contributed by atoms with E-state index in [1.54, 1.807) is 36.1 Å². The fourth-order valence-electron chi connectivity index (χ4n) is 2.58. The van der Waals surface area contributed by atoms with E-state index < -0.39 is 6.61 Å². The van der Waals surface area contributed by atoms with Crippen LogP contribution in [0.3, 0.4) is 0 Å². The van der Waals surface area contributed by atoms with Gasteiger partial charge in [0.25, 0.3) is 5.91 Å². The minimum Gasteiger partial charge on any atom is -0.435 e. The topological polar surface area (TPSA) is 89.9 Å². The first-order valence-corrected chi connectivity index (χ1v) is 10.2. The number of hydrogen-bond donors (Lipinski definition) is 1. The van der Waals surface area contributed by atoms with Crippen LogP contribution in [0.4, 0.5) is 13.9 Å². The van der Waals surface area contributed by atoms with E-state index in [9.17, 15) is 13.6 Å². The molecule has 11 heteroatoms. The Labute approximate surface area is 177 Å². The molecule has 0 saturated heterocycles. The van der Waals surface area contributed by atoms with E-state index in [2.05, 4.69) is 30.0 Å². The Bertz CT molecular complexity index is 1160. The van der Waals surface area contributed by atoms with Gasteiger partial charge in [-0.05, 0) is 31.2 Å². The van der Waals surface area contributed by atoms with E-state index in [0.29, 0.717) is 21.5 Å². The lowest BCUT2D eigenvalue weighted by Crippen LogP contribution is -2.12. The average Bonchev–Trinajstić information content (AvgIpc) is 3.36. The van der Waals surface area contributed by atoms with Crippen molar-refractivity contribution in [3.63, 3.8) is 0 Å². The number of hydrogen-bond acceptors (Lipinski definition) is 8. The molecule has 7 nitrogen and oxygen atoms in total. The lowest BCUT2D eigenvalue weighted by Gasteiger charge is -2.05. The number of thiazole rings is 2. The molecule has 0 unspecified atom stereocenters. The van der Waals surface area contributed by atoms with Crippen LogP contribution < -0.4 is 10.1 Å². The molecular weight excluding hydrogens is 432 g/mol. The van der Waals surface area contributed by atoms with Crippen molar-refractivity contribution in [2.24, 2.45) is 0 Å². The molecule has 0 bridgehead atoms. The monoisotopic (exact) mass is 445 g/mol. The molecule has 0 spiro atoms. The quantitative estimate of drug-likeness (QED) is 0.455. The Morgan fingerprint density at radius 1 is 1.17 bits per heavy atom. The zero-order valence-corrected chi connectivity index (χ0v) is 17.0. The zero-order valence-electron chi connectivity index (χ0n) is 15.4. The molecule has 0 aliphatic carbocycles. The van der Waals surface area contributed by atoms with Crippen LogP contribution in [0, 0.1) is 6.92 Å². The zero-order chi connectivity index (χ0) is 21.1. The molecule has 30 heavy (non-hydrogen) atoms. The standard InChI is InChI=1S/C19H13F2N5O2S2/c1-10-15(11-2-4-12(5-3-11)28-18(20)21)25-19(30-10)26-16(27)14-9-29-17(24-14)13-8-22-6-7-23-13/h2-9,18H,1H3,(H,25,26,27). The molecule has 4 rings (SSSR count). The third-order valence-corrected chi connectivity index (χ3v) is 5.64. The summed E-state index contributed by atoms with van der Waals surface area (Å²) in [5.41, 5.74) is 2.22. The third-order valence-electron chi connectivity index (χ3n) is 3.89. The highest BCUT2D eigenvalue weighted by atomic mass is 32.1. The Hall–Kier alpha value is -3.31. The van der Waals surface area contributed by atoms with Gasteiger partial charge in [-0.25, -0.2) is 9.97 Å². The number of carbonyl (C=O) groups excluding carboxylic acids is 1. The van der Waals surface area contributed by atoms with E-state index in [1.165, 1.54) is 34.8 Å². The van der Waals surface area contributed by atoms with Crippen molar-refractivity contribution in [2.45, 2.75) is 13.5 Å². The van der Waals surface area contributed by atoms with Gasteiger partial charge in [0.1, 0.15) is 22.1 Å². The fourth-order valence-corrected chi connectivity index (χ4v) is 4.17. The summed E-state index contributed by atoms with van der Waals surface area (Å²) < 4.78 is 28.9. The van der Waals surface area contributed by atoms with E-state index in [-0.39, 0.29) is 17.4 Å². The number of nitrogens with zero attached hydrogens (tertiary/aromatic N) is 4. The Balaban J connectivity index is 1.48. The van der Waals surface area contributed by atoms with Crippen LogP contribution in [-0.4, -0.2) is 32.5 Å². The van der Waals surface area contributed by atoms with Crippen molar-refractivity contribution < 1.29 is 18.3 Å². The minimum absolute atomic E-state index is 0.0672. The van der Waals surface area contributed by atoms with Gasteiger partial charge in [-0.2, -0.15) is 8.78 Å². The van der Waals surface area contributed by atoms with Crippen molar-refractivity contribution in [2.75, 3.05) is 5.32 Å². The summed E-state index contributed by atoms with van der Waals surface area (Å²) in [6, 6.07) is 6.17. The summed E-state index contributed by atoms with van der Waals surface area (Å²) in [6.07, 6.45) is 4.70. The molecule has 0 fully saturated rings. The van der Waals surface area contributed by atoms with Crippen LogP contribution in [0.5, 0.6) is 5.75 Å². The number of anilines is 1. The number of halogens is 2. The highest BCUT2D eigenvalue weighted by molar-refractivity contribution is 7.16. The second-order valence-corrected chi connectivity index (χ2v) is 7.97. The number of benzene rings is 1. The molecular formula is C19H13F2N5O2S2. The predicted octanol–water partition coefficient (Wildman–Crippen LogP) is 4.89. The molecule has 1 aromatic carbocycles. The number of rotatable bonds is 6. The van der Waals surface area contributed by atoms with Crippen LogP contribution in [0.1, 0.15) is 15.4 Å². The number of aryl methyl sites for hydroxylation is 1. The van der Waals surface area contributed by atoms with Crippen molar-refractivity contribution in [3.8, 4) is 27.7 Å². The SMILES string of the molecule is Cc1sc(NC(=O)c2csc(-c3cnccn3)n2)nc1-c1ccc(OC(F)F)cc1. The number of amides is 1. The summed E-state index contributed by atoms with van der Waals surface area (Å²) in [7, 11) is 0. The Morgan fingerprint density at radius 3 is 2.67 bits per heavy atom. The lowest BCUT2D eigenvalue weighted by molar-refractivity contribution is -0.0498. The van der Waals surface area contributed by atoms with Gasteiger partial charge in [0.05, 0.1) is 11.9 Å². The van der Waals surface area contributed by atoms with Gasteiger partial charge in [0.2, 0.25) is 0 Å². The van der Waals surface area contributed by atoms with Crippen LogP contribution in [-0.2, 0) is 0 Å². The minimum atomic E-state index is -2.88. The Kier molecular flexibility index (Phi) is 5.72. The van der Waals surface area contributed by atoms with Crippen molar-refractivity contribution in [1.82, 2.24) is 19.9 Å². The highest BCUT2D eigenvalue weighted by Gasteiger charge is 2.16. The normalized spacial score (nSPS) is 10.9. The Morgan fingerprint density at radius 2 is 1.97 bits per heavy atom.